The van der Waals surface area contributed by atoms with Gasteiger partial charge in [-0.3, -0.25) is 0 Å². The van der Waals surface area contributed by atoms with Gasteiger partial charge in [-0.1, -0.05) is 78.9 Å². The molecule has 4 heteroatoms. The van der Waals surface area contributed by atoms with Crippen molar-refractivity contribution in [1.82, 2.24) is 9.78 Å². The van der Waals surface area contributed by atoms with Gasteiger partial charge in [-0.2, -0.15) is 5.10 Å². The SMILES string of the molecule is Cc1cn(-c2ccccc2)nc1P(=O)(c1ccccc1)c1ccccc1. The van der Waals surface area contributed by atoms with Crippen LogP contribution in [-0.4, -0.2) is 9.78 Å². The summed E-state index contributed by atoms with van der Waals surface area (Å²) in [6.07, 6.45) is 1.95. The van der Waals surface area contributed by atoms with E-state index >= 15 is 0 Å². The van der Waals surface area contributed by atoms with Crippen LogP contribution in [0.4, 0.5) is 0 Å². The van der Waals surface area contributed by atoms with Crippen molar-refractivity contribution in [2.24, 2.45) is 0 Å². The van der Waals surface area contributed by atoms with Crippen LogP contribution in [0.1, 0.15) is 5.56 Å². The zero-order valence-corrected chi connectivity index (χ0v) is 15.4. The van der Waals surface area contributed by atoms with Gasteiger partial charge in [0.1, 0.15) is 5.44 Å². The molecule has 0 atom stereocenters. The van der Waals surface area contributed by atoms with E-state index in [1.165, 1.54) is 0 Å². The van der Waals surface area contributed by atoms with Gasteiger partial charge in [0.05, 0.1) is 5.69 Å². The molecule has 1 heterocycles. The van der Waals surface area contributed by atoms with Crippen LogP contribution in [0.15, 0.2) is 97.2 Å². The standard InChI is InChI=1S/C22H19N2OP/c1-18-17-24(19-11-5-2-6-12-19)23-22(18)26(25,20-13-7-3-8-14-20)21-15-9-4-10-16-21/h2-17H,1H3. The van der Waals surface area contributed by atoms with E-state index in [2.05, 4.69) is 0 Å². The molecule has 0 fully saturated rings. The van der Waals surface area contributed by atoms with Gasteiger partial charge in [0.25, 0.3) is 0 Å². The number of nitrogens with zero attached hydrogens (tertiary/aromatic N) is 2. The van der Waals surface area contributed by atoms with Crippen molar-refractivity contribution >= 4 is 23.2 Å². The lowest BCUT2D eigenvalue weighted by molar-refractivity contribution is 0.591. The molecule has 0 spiro atoms. The van der Waals surface area contributed by atoms with Crippen LogP contribution in [-0.2, 0) is 4.57 Å². The summed E-state index contributed by atoms with van der Waals surface area (Å²) >= 11 is 0. The molecule has 0 N–H and O–H groups in total. The second-order valence-electron chi connectivity index (χ2n) is 6.20. The number of benzene rings is 3. The molecule has 0 aliphatic heterocycles. The van der Waals surface area contributed by atoms with Crippen molar-refractivity contribution in [1.29, 1.82) is 0 Å². The zero-order chi connectivity index (χ0) is 18.0. The summed E-state index contributed by atoms with van der Waals surface area (Å²) in [6, 6.07) is 29.2. The van der Waals surface area contributed by atoms with Gasteiger partial charge in [-0.05, 0) is 24.6 Å². The van der Waals surface area contributed by atoms with Crippen molar-refractivity contribution in [2.75, 3.05) is 0 Å². The topological polar surface area (TPSA) is 34.9 Å². The van der Waals surface area contributed by atoms with Crippen molar-refractivity contribution < 1.29 is 4.57 Å². The Kier molecular flexibility index (Phi) is 4.32. The summed E-state index contributed by atoms with van der Waals surface area (Å²) in [5, 5.41) is 6.36. The molecule has 0 aliphatic carbocycles. The Balaban J connectivity index is 1.94. The first-order chi connectivity index (χ1) is 12.7. The molecule has 1 aromatic heterocycles. The molecule has 0 bridgehead atoms. The molecule has 128 valence electrons. The molecule has 0 unspecified atom stereocenters. The Morgan fingerprint density at radius 2 is 1.19 bits per heavy atom. The van der Waals surface area contributed by atoms with Crippen molar-refractivity contribution in [3.05, 3.63) is 103 Å². The van der Waals surface area contributed by atoms with Crippen LogP contribution in [0.25, 0.3) is 5.69 Å². The van der Waals surface area contributed by atoms with Crippen LogP contribution in [0.5, 0.6) is 0 Å². The average Bonchev–Trinajstić information content (AvgIpc) is 3.11. The van der Waals surface area contributed by atoms with E-state index in [4.69, 9.17) is 5.10 Å². The molecular formula is C22H19N2OP. The monoisotopic (exact) mass is 358 g/mol. The predicted molar refractivity (Wildman–Crippen MR) is 108 cm³/mol. The van der Waals surface area contributed by atoms with E-state index in [1.807, 2.05) is 109 Å². The lowest BCUT2D eigenvalue weighted by atomic mass is 10.3. The summed E-state index contributed by atoms with van der Waals surface area (Å²) in [5.74, 6) is 0. The third kappa shape index (κ3) is 2.81. The third-order valence-corrected chi connectivity index (χ3v) is 7.52. The van der Waals surface area contributed by atoms with Gasteiger partial charge in [0, 0.05) is 16.8 Å². The van der Waals surface area contributed by atoms with Crippen molar-refractivity contribution in [3.8, 4) is 5.69 Å². The molecule has 0 radical (unpaired) electrons. The van der Waals surface area contributed by atoms with E-state index in [-0.39, 0.29) is 0 Å². The fourth-order valence-electron chi connectivity index (χ4n) is 3.14. The Morgan fingerprint density at radius 1 is 0.731 bits per heavy atom. The van der Waals surface area contributed by atoms with Gasteiger partial charge in [-0.15, -0.1) is 0 Å². The normalized spacial score (nSPS) is 11.4. The number of aryl methyl sites for hydroxylation is 1. The van der Waals surface area contributed by atoms with Crippen LogP contribution >= 0.6 is 7.14 Å². The number of para-hydroxylation sites is 1. The van der Waals surface area contributed by atoms with Gasteiger partial charge >= 0.3 is 0 Å². The van der Waals surface area contributed by atoms with Crippen LogP contribution < -0.4 is 16.0 Å². The molecule has 0 saturated carbocycles. The molecule has 0 amide bonds. The first-order valence-electron chi connectivity index (χ1n) is 8.53. The van der Waals surface area contributed by atoms with Gasteiger partial charge in [0.2, 0.25) is 0 Å². The molecule has 3 nitrogen and oxygen atoms in total. The lowest BCUT2D eigenvalue weighted by Crippen LogP contribution is -2.27. The summed E-state index contributed by atoms with van der Waals surface area (Å²) < 4.78 is 16.2. The van der Waals surface area contributed by atoms with Crippen LogP contribution in [0.3, 0.4) is 0 Å². The van der Waals surface area contributed by atoms with Crippen molar-refractivity contribution in [3.63, 3.8) is 0 Å². The van der Waals surface area contributed by atoms with E-state index in [1.54, 1.807) is 0 Å². The average molecular weight is 358 g/mol. The summed E-state index contributed by atoms with van der Waals surface area (Å²) in [6.45, 7) is 1.97. The lowest BCUT2D eigenvalue weighted by Gasteiger charge is -2.18. The Morgan fingerprint density at radius 3 is 1.69 bits per heavy atom. The van der Waals surface area contributed by atoms with Crippen LogP contribution in [0, 0.1) is 6.92 Å². The van der Waals surface area contributed by atoms with E-state index < -0.39 is 7.14 Å². The molecule has 26 heavy (non-hydrogen) atoms. The fraction of sp³-hybridized carbons (Fsp3) is 0.0455. The van der Waals surface area contributed by atoms with E-state index in [0.717, 1.165) is 21.9 Å². The molecular weight excluding hydrogens is 339 g/mol. The maximum Gasteiger partial charge on any atom is 0.190 e. The summed E-state index contributed by atoms with van der Waals surface area (Å²) in [4.78, 5) is 0. The van der Waals surface area contributed by atoms with Gasteiger partial charge in [-0.25, -0.2) is 4.68 Å². The number of hydrogen-bond acceptors (Lipinski definition) is 2. The summed E-state index contributed by atoms with van der Waals surface area (Å²) in [7, 11) is -3.05. The Bertz CT molecular complexity index is 1010. The first kappa shape index (κ1) is 16.6. The molecule has 4 rings (SSSR count). The van der Waals surface area contributed by atoms with E-state index in [0.29, 0.717) is 5.44 Å². The highest BCUT2D eigenvalue weighted by Gasteiger charge is 2.34. The smallest absolute Gasteiger partial charge is 0.190 e. The maximum absolute atomic E-state index is 14.4. The highest BCUT2D eigenvalue weighted by atomic mass is 31.2. The highest BCUT2D eigenvalue weighted by molar-refractivity contribution is 7.85. The first-order valence-corrected chi connectivity index (χ1v) is 10.2. The van der Waals surface area contributed by atoms with Crippen LogP contribution in [0.2, 0.25) is 0 Å². The minimum atomic E-state index is -3.05. The molecule has 3 aromatic carbocycles. The molecule has 4 aromatic rings. The zero-order valence-electron chi connectivity index (χ0n) is 14.5. The predicted octanol–water partition coefficient (Wildman–Crippen LogP) is 3.82. The maximum atomic E-state index is 14.4. The number of rotatable bonds is 4. The molecule has 0 aliphatic rings. The quantitative estimate of drug-likeness (QED) is 0.520. The highest BCUT2D eigenvalue weighted by Crippen LogP contribution is 2.42. The minimum absolute atomic E-state index is 0.638. The molecule has 0 saturated heterocycles. The van der Waals surface area contributed by atoms with Crippen molar-refractivity contribution in [2.45, 2.75) is 6.92 Å². The minimum Gasteiger partial charge on any atom is -0.307 e. The second kappa shape index (κ2) is 6.78. The second-order valence-corrected chi connectivity index (χ2v) is 8.87. The number of aromatic nitrogens is 2. The fourth-order valence-corrected chi connectivity index (χ4v) is 5.89. The number of hydrogen-bond donors (Lipinski definition) is 0. The Labute approximate surface area is 153 Å². The summed E-state index contributed by atoms with van der Waals surface area (Å²) in [5.41, 5.74) is 2.51. The Hall–Kier alpha value is -2.90. The van der Waals surface area contributed by atoms with Gasteiger partial charge in [0.15, 0.2) is 7.14 Å². The van der Waals surface area contributed by atoms with Gasteiger partial charge < -0.3 is 4.57 Å². The largest absolute Gasteiger partial charge is 0.307 e. The third-order valence-electron chi connectivity index (χ3n) is 4.43. The van der Waals surface area contributed by atoms with E-state index in [9.17, 15) is 4.57 Å².